The normalized spacial score (nSPS) is 23.0. The van der Waals surface area contributed by atoms with E-state index in [1.807, 2.05) is 25.7 Å². The minimum absolute atomic E-state index is 0.0197. The number of nitrogens with one attached hydrogen (secondary N) is 2. The third-order valence-electron chi connectivity index (χ3n) is 7.30. The van der Waals surface area contributed by atoms with Crippen molar-refractivity contribution >= 4 is 34.1 Å². The van der Waals surface area contributed by atoms with E-state index in [1.54, 1.807) is 22.8 Å². The van der Waals surface area contributed by atoms with Crippen molar-refractivity contribution in [1.29, 1.82) is 0 Å². The molecule has 3 aromatic rings. The van der Waals surface area contributed by atoms with E-state index in [1.165, 1.54) is 13.3 Å². The first-order valence-electron chi connectivity index (χ1n) is 12.7. The monoisotopic (exact) mass is 544 g/mol. The zero-order valence-electron chi connectivity index (χ0n) is 21.8. The number of rotatable bonds is 6. The molecule has 202 valence electrons. The van der Waals surface area contributed by atoms with Gasteiger partial charge in [-0.25, -0.2) is 8.78 Å². The second-order valence-corrected chi connectivity index (χ2v) is 10.8. The summed E-state index contributed by atoms with van der Waals surface area (Å²) in [4.78, 5) is 28.6. The Morgan fingerprint density at radius 2 is 1.92 bits per heavy atom. The van der Waals surface area contributed by atoms with Crippen LogP contribution in [0.25, 0.3) is 10.9 Å². The lowest BCUT2D eigenvalue weighted by Crippen LogP contribution is -2.54. The second-order valence-electron chi connectivity index (χ2n) is 10.4. The van der Waals surface area contributed by atoms with E-state index in [-0.39, 0.29) is 47.4 Å². The van der Waals surface area contributed by atoms with Crippen molar-refractivity contribution in [3.05, 3.63) is 68.2 Å². The number of carbonyl (C=O) groups is 1. The van der Waals surface area contributed by atoms with Gasteiger partial charge in [-0.3, -0.25) is 9.59 Å². The van der Waals surface area contributed by atoms with Gasteiger partial charge in [0.25, 0.3) is 5.91 Å². The SMILES string of the molecule is COc1c(N2C[C@@H](C)N[C@@H](C)C2)c(F)cc2c(=O)c(C(=O)NCc3ccc(Cl)cc3C)cn([C@H]3C[C@H]3F)c12. The fraction of sp³-hybridized carbons (Fsp3) is 0.429. The Hall–Kier alpha value is -3.17. The number of alkyl halides is 1. The van der Waals surface area contributed by atoms with Gasteiger partial charge in [-0.15, -0.1) is 0 Å². The van der Waals surface area contributed by atoms with Gasteiger partial charge < -0.3 is 24.8 Å². The van der Waals surface area contributed by atoms with Crippen molar-refractivity contribution in [2.75, 3.05) is 25.1 Å². The van der Waals surface area contributed by atoms with Crippen LogP contribution in [-0.4, -0.2) is 48.9 Å². The van der Waals surface area contributed by atoms with Gasteiger partial charge in [-0.2, -0.15) is 0 Å². The number of hydrogen-bond acceptors (Lipinski definition) is 5. The first kappa shape index (κ1) is 26.4. The number of nitrogens with zero attached hydrogens (tertiary/aromatic N) is 2. The molecule has 1 saturated carbocycles. The van der Waals surface area contributed by atoms with Gasteiger partial charge in [0, 0.05) is 49.4 Å². The molecular formula is C28H31ClF2N4O3. The highest BCUT2D eigenvalue weighted by molar-refractivity contribution is 6.30. The number of amides is 1. The molecule has 5 rings (SSSR count). The number of carbonyl (C=O) groups excluding carboxylic acids is 1. The Morgan fingerprint density at radius 1 is 1.24 bits per heavy atom. The summed E-state index contributed by atoms with van der Waals surface area (Å²) in [5, 5.41) is 6.75. The number of hydrogen-bond donors (Lipinski definition) is 2. The predicted octanol–water partition coefficient (Wildman–Crippen LogP) is 4.51. The molecule has 0 radical (unpaired) electrons. The Kier molecular flexibility index (Phi) is 7.09. The third kappa shape index (κ3) is 4.85. The number of halogens is 3. The van der Waals surface area contributed by atoms with Crippen LogP contribution in [-0.2, 0) is 6.54 Å². The molecule has 1 saturated heterocycles. The molecule has 2 fully saturated rings. The zero-order valence-corrected chi connectivity index (χ0v) is 22.5. The van der Waals surface area contributed by atoms with Gasteiger partial charge in [-0.1, -0.05) is 17.7 Å². The van der Waals surface area contributed by atoms with Crippen molar-refractivity contribution in [3.8, 4) is 5.75 Å². The summed E-state index contributed by atoms with van der Waals surface area (Å²) in [7, 11) is 1.41. The molecule has 10 heteroatoms. The molecule has 2 aliphatic rings. The average Bonchev–Trinajstić information content (AvgIpc) is 3.58. The van der Waals surface area contributed by atoms with Gasteiger partial charge in [0.2, 0.25) is 5.43 Å². The molecule has 2 heterocycles. The summed E-state index contributed by atoms with van der Waals surface area (Å²) in [6, 6.07) is 6.10. The Labute approximate surface area is 224 Å². The molecule has 1 aromatic heterocycles. The fourth-order valence-corrected chi connectivity index (χ4v) is 5.66. The van der Waals surface area contributed by atoms with Crippen molar-refractivity contribution in [1.82, 2.24) is 15.2 Å². The van der Waals surface area contributed by atoms with Crippen molar-refractivity contribution in [2.45, 2.75) is 58.0 Å². The van der Waals surface area contributed by atoms with Crippen LogP contribution in [0.5, 0.6) is 5.75 Å². The maximum Gasteiger partial charge on any atom is 0.257 e. The van der Waals surface area contributed by atoms with Crippen LogP contribution in [0.15, 0.2) is 35.3 Å². The van der Waals surface area contributed by atoms with Crippen LogP contribution in [0.4, 0.5) is 14.5 Å². The van der Waals surface area contributed by atoms with Gasteiger partial charge in [0.1, 0.15) is 17.4 Å². The third-order valence-corrected chi connectivity index (χ3v) is 7.54. The fourth-order valence-electron chi connectivity index (χ4n) is 5.43. The minimum Gasteiger partial charge on any atom is -0.492 e. The van der Waals surface area contributed by atoms with Gasteiger partial charge in [0.15, 0.2) is 11.6 Å². The molecule has 1 aliphatic carbocycles. The average molecular weight is 545 g/mol. The quantitative estimate of drug-likeness (QED) is 0.477. The number of fused-ring (bicyclic) bond motifs is 1. The van der Waals surface area contributed by atoms with E-state index in [0.717, 1.165) is 17.2 Å². The zero-order chi connectivity index (χ0) is 27.3. The Bertz CT molecular complexity index is 1470. The van der Waals surface area contributed by atoms with E-state index in [2.05, 4.69) is 10.6 Å². The molecule has 0 bridgehead atoms. The lowest BCUT2D eigenvalue weighted by molar-refractivity contribution is 0.0949. The molecule has 1 aliphatic heterocycles. The highest BCUT2D eigenvalue weighted by atomic mass is 35.5. The molecule has 2 N–H and O–H groups in total. The van der Waals surface area contributed by atoms with Crippen LogP contribution in [0.1, 0.15) is 47.8 Å². The molecule has 1 amide bonds. The minimum atomic E-state index is -1.13. The summed E-state index contributed by atoms with van der Waals surface area (Å²) < 4.78 is 37.4. The number of piperazine rings is 1. The summed E-state index contributed by atoms with van der Waals surface area (Å²) in [5.41, 5.74) is 1.45. The largest absolute Gasteiger partial charge is 0.492 e. The molecule has 2 aromatic carbocycles. The lowest BCUT2D eigenvalue weighted by Gasteiger charge is -2.38. The summed E-state index contributed by atoms with van der Waals surface area (Å²) in [6.45, 7) is 7.14. The van der Waals surface area contributed by atoms with Gasteiger partial charge in [0.05, 0.1) is 24.1 Å². The number of pyridine rings is 1. The summed E-state index contributed by atoms with van der Waals surface area (Å²) in [6.07, 6.45) is 0.484. The molecular weight excluding hydrogens is 514 g/mol. The second kappa shape index (κ2) is 10.2. The van der Waals surface area contributed by atoms with Crippen molar-refractivity contribution in [3.63, 3.8) is 0 Å². The van der Waals surface area contributed by atoms with Crippen LogP contribution in [0, 0.1) is 12.7 Å². The topological polar surface area (TPSA) is 75.6 Å². The number of ether oxygens (including phenoxy) is 1. The number of benzene rings is 2. The molecule has 7 nitrogen and oxygen atoms in total. The van der Waals surface area contributed by atoms with E-state index >= 15 is 4.39 Å². The van der Waals surface area contributed by atoms with Crippen LogP contribution < -0.4 is 25.7 Å². The van der Waals surface area contributed by atoms with E-state index in [0.29, 0.717) is 23.6 Å². The molecule has 38 heavy (non-hydrogen) atoms. The van der Waals surface area contributed by atoms with Crippen molar-refractivity contribution in [2.24, 2.45) is 0 Å². The number of aryl methyl sites for hydroxylation is 1. The van der Waals surface area contributed by atoms with Gasteiger partial charge in [-0.05, 0) is 50.1 Å². The highest BCUT2D eigenvalue weighted by Gasteiger charge is 2.41. The molecule has 0 spiro atoms. The lowest BCUT2D eigenvalue weighted by atomic mass is 10.0. The number of aromatic nitrogens is 1. The predicted molar refractivity (Wildman–Crippen MR) is 145 cm³/mol. The van der Waals surface area contributed by atoms with Gasteiger partial charge >= 0.3 is 0 Å². The smallest absolute Gasteiger partial charge is 0.257 e. The van der Waals surface area contributed by atoms with Crippen molar-refractivity contribution < 1.29 is 18.3 Å². The highest BCUT2D eigenvalue weighted by Crippen LogP contribution is 2.45. The Morgan fingerprint density at radius 3 is 2.53 bits per heavy atom. The number of methoxy groups -OCH3 is 1. The number of anilines is 1. The van der Waals surface area contributed by atoms with E-state index in [9.17, 15) is 14.0 Å². The van der Waals surface area contributed by atoms with E-state index < -0.39 is 29.4 Å². The molecule has 0 unspecified atom stereocenters. The first-order valence-corrected chi connectivity index (χ1v) is 13.1. The van der Waals surface area contributed by atoms with Crippen LogP contribution in [0.3, 0.4) is 0 Å². The maximum atomic E-state index is 15.7. The van der Waals surface area contributed by atoms with Crippen LogP contribution >= 0.6 is 11.6 Å². The van der Waals surface area contributed by atoms with Crippen LogP contribution in [0.2, 0.25) is 5.02 Å². The summed E-state index contributed by atoms with van der Waals surface area (Å²) >= 11 is 6.02. The first-order chi connectivity index (χ1) is 18.1. The molecule has 4 atom stereocenters. The summed E-state index contributed by atoms with van der Waals surface area (Å²) in [5.74, 6) is -1.08. The maximum absolute atomic E-state index is 15.7. The standard InChI is InChI=1S/C28H31ClF2N4O3/c1-14-7-18(29)6-5-17(14)10-32-28(37)20-13-35(23-9-21(23)30)24-19(26(20)36)8-22(31)25(27(24)38-4)34-11-15(2)33-16(3)12-34/h5-8,13,15-16,21,23,33H,9-12H2,1-4H3,(H,32,37)/t15-,16+,21-,23+/m1/s1. The van der Waals surface area contributed by atoms with E-state index in [4.69, 9.17) is 16.3 Å². The Balaban J connectivity index is 1.60.